The van der Waals surface area contributed by atoms with Crippen molar-refractivity contribution in [2.75, 3.05) is 37.1 Å². The molecular weight excluding hydrogens is 384 g/mol. The summed E-state index contributed by atoms with van der Waals surface area (Å²) in [4.78, 5) is 26.0. The minimum absolute atomic E-state index is 0.0274. The highest BCUT2D eigenvalue weighted by Crippen LogP contribution is 2.35. The minimum Gasteiger partial charge on any atom is -0.497 e. The Balaban J connectivity index is 1.49. The van der Waals surface area contributed by atoms with Gasteiger partial charge in [-0.1, -0.05) is 12.2 Å². The van der Waals surface area contributed by atoms with Crippen molar-refractivity contribution >= 4 is 23.2 Å². The normalized spacial score (nSPS) is 12.6. The number of rotatable bonds is 9. The summed E-state index contributed by atoms with van der Waals surface area (Å²) in [5.74, 6) is 1.84. The van der Waals surface area contributed by atoms with E-state index in [-0.39, 0.29) is 18.4 Å². The summed E-state index contributed by atoms with van der Waals surface area (Å²) in [5.41, 5.74) is 2.19. The molecule has 2 aromatic rings. The summed E-state index contributed by atoms with van der Waals surface area (Å²) >= 11 is 0. The molecule has 0 saturated heterocycles. The lowest BCUT2D eigenvalue weighted by molar-refractivity contribution is -0.121. The summed E-state index contributed by atoms with van der Waals surface area (Å²) in [6.07, 6.45) is 0.911. The first kappa shape index (κ1) is 21.2. The molecule has 0 atom stereocenters. The predicted molar refractivity (Wildman–Crippen MR) is 115 cm³/mol. The number of carbonyl (C=O) groups is 2. The maximum Gasteiger partial charge on any atom is 0.265 e. The van der Waals surface area contributed by atoms with Crippen LogP contribution in [0.4, 0.5) is 11.4 Å². The molecule has 7 heteroatoms. The summed E-state index contributed by atoms with van der Waals surface area (Å²) in [7, 11) is 1.61. The first-order valence-electron chi connectivity index (χ1n) is 9.74. The second-order valence-electron chi connectivity index (χ2n) is 7.08. The van der Waals surface area contributed by atoms with Crippen molar-refractivity contribution in [1.29, 1.82) is 0 Å². The van der Waals surface area contributed by atoms with Crippen LogP contribution in [-0.2, 0) is 9.59 Å². The van der Waals surface area contributed by atoms with Crippen LogP contribution < -0.4 is 24.4 Å². The molecule has 1 heterocycles. The Morgan fingerprint density at radius 1 is 1.20 bits per heavy atom. The first-order chi connectivity index (χ1) is 14.5. The van der Waals surface area contributed by atoms with E-state index in [4.69, 9.17) is 14.2 Å². The zero-order chi connectivity index (χ0) is 21.5. The Labute approximate surface area is 176 Å². The summed E-state index contributed by atoms with van der Waals surface area (Å²) < 4.78 is 16.3. The first-order valence-corrected chi connectivity index (χ1v) is 9.74. The largest absolute Gasteiger partial charge is 0.497 e. The third-order valence-electron chi connectivity index (χ3n) is 4.49. The fraction of sp³-hybridized carbons (Fsp3) is 0.304. The lowest BCUT2D eigenvalue weighted by Crippen LogP contribution is -2.39. The topological polar surface area (TPSA) is 77.1 Å². The Kier molecular flexibility index (Phi) is 6.95. The molecule has 7 nitrogen and oxygen atoms in total. The lowest BCUT2D eigenvalue weighted by Gasteiger charge is -2.29. The monoisotopic (exact) mass is 410 g/mol. The number of nitrogens with zero attached hydrogens (tertiary/aromatic N) is 1. The molecule has 0 radical (unpaired) electrons. The van der Waals surface area contributed by atoms with E-state index in [0.717, 1.165) is 17.1 Å². The number of carbonyl (C=O) groups excluding carboxylic acids is 2. The van der Waals surface area contributed by atoms with Gasteiger partial charge in [0.1, 0.15) is 17.2 Å². The van der Waals surface area contributed by atoms with Crippen LogP contribution in [0.1, 0.15) is 19.8 Å². The van der Waals surface area contributed by atoms with Crippen LogP contribution in [0, 0.1) is 0 Å². The van der Waals surface area contributed by atoms with Gasteiger partial charge in [0.15, 0.2) is 6.61 Å². The number of fused-ring (bicyclic) bond motifs is 1. The van der Waals surface area contributed by atoms with Crippen molar-refractivity contribution < 1.29 is 23.8 Å². The smallest absolute Gasteiger partial charge is 0.265 e. The summed E-state index contributed by atoms with van der Waals surface area (Å²) in [5, 5.41) is 2.86. The van der Waals surface area contributed by atoms with Crippen LogP contribution >= 0.6 is 0 Å². The van der Waals surface area contributed by atoms with Gasteiger partial charge in [-0.2, -0.15) is 0 Å². The predicted octanol–water partition coefficient (Wildman–Crippen LogP) is 3.79. The third-order valence-corrected chi connectivity index (χ3v) is 4.49. The maximum absolute atomic E-state index is 12.2. The van der Waals surface area contributed by atoms with E-state index in [2.05, 4.69) is 11.9 Å². The van der Waals surface area contributed by atoms with Gasteiger partial charge in [-0.15, -0.1) is 0 Å². The molecule has 0 fully saturated rings. The minimum atomic E-state index is -0.112. The van der Waals surface area contributed by atoms with Crippen molar-refractivity contribution in [2.45, 2.75) is 19.8 Å². The van der Waals surface area contributed by atoms with E-state index in [9.17, 15) is 9.59 Å². The highest BCUT2D eigenvalue weighted by molar-refractivity contribution is 5.99. The maximum atomic E-state index is 12.2. The standard InChI is InChI=1S/C23H26N2O5/c1-16(2)14-25-20-11-6-17(13-21(20)30-15-23(25)27)24-22(26)5-4-12-29-19-9-7-18(28-3)8-10-19/h6-11,13H,1,4-5,12,14-15H2,2-3H3,(H,24,26). The molecule has 158 valence electrons. The molecule has 0 bridgehead atoms. The van der Waals surface area contributed by atoms with Gasteiger partial charge in [-0.25, -0.2) is 0 Å². The molecular formula is C23H26N2O5. The highest BCUT2D eigenvalue weighted by atomic mass is 16.5. The van der Waals surface area contributed by atoms with Crippen LogP contribution in [-0.4, -0.2) is 38.7 Å². The molecule has 3 rings (SSSR count). The van der Waals surface area contributed by atoms with Crippen molar-refractivity contribution in [2.24, 2.45) is 0 Å². The zero-order valence-electron chi connectivity index (χ0n) is 17.3. The van der Waals surface area contributed by atoms with Gasteiger partial charge in [0.05, 0.1) is 19.4 Å². The quantitative estimate of drug-likeness (QED) is 0.503. The SMILES string of the molecule is C=C(C)CN1C(=O)COc2cc(NC(=O)CCCOc3ccc(OC)cc3)ccc21. The van der Waals surface area contributed by atoms with Crippen molar-refractivity contribution in [3.05, 3.63) is 54.6 Å². The molecule has 1 N–H and O–H groups in total. The van der Waals surface area contributed by atoms with E-state index in [1.165, 1.54) is 0 Å². The second kappa shape index (κ2) is 9.82. The molecule has 2 aromatic carbocycles. The zero-order valence-corrected chi connectivity index (χ0v) is 17.3. The van der Waals surface area contributed by atoms with Crippen LogP contribution in [0.5, 0.6) is 17.2 Å². The molecule has 0 aromatic heterocycles. The molecule has 0 aliphatic carbocycles. The number of methoxy groups -OCH3 is 1. The number of benzene rings is 2. The fourth-order valence-corrected chi connectivity index (χ4v) is 3.04. The van der Waals surface area contributed by atoms with Gasteiger partial charge >= 0.3 is 0 Å². The average molecular weight is 410 g/mol. The Morgan fingerprint density at radius 3 is 2.63 bits per heavy atom. The molecule has 1 aliphatic rings. The number of hydrogen-bond acceptors (Lipinski definition) is 5. The molecule has 2 amide bonds. The van der Waals surface area contributed by atoms with E-state index in [1.807, 2.05) is 31.2 Å². The van der Waals surface area contributed by atoms with Gasteiger partial charge in [-0.3, -0.25) is 9.59 Å². The van der Waals surface area contributed by atoms with Crippen LogP contribution in [0.3, 0.4) is 0 Å². The summed E-state index contributed by atoms with van der Waals surface area (Å²) in [6, 6.07) is 12.6. The van der Waals surface area contributed by atoms with E-state index in [0.29, 0.717) is 43.1 Å². The van der Waals surface area contributed by atoms with E-state index in [1.54, 1.807) is 30.2 Å². The van der Waals surface area contributed by atoms with Gasteiger partial charge in [0.2, 0.25) is 5.91 Å². The van der Waals surface area contributed by atoms with Crippen molar-refractivity contribution in [3.63, 3.8) is 0 Å². The Hall–Kier alpha value is -3.48. The van der Waals surface area contributed by atoms with E-state index < -0.39 is 0 Å². The summed E-state index contributed by atoms with van der Waals surface area (Å²) in [6.45, 7) is 6.59. The van der Waals surface area contributed by atoms with Crippen LogP contribution in [0.2, 0.25) is 0 Å². The Bertz CT molecular complexity index is 924. The third kappa shape index (κ3) is 5.53. The highest BCUT2D eigenvalue weighted by Gasteiger charge is 2.25. The van der Waals surface area contributed by atoms with Crippen LogP contribution in [0.15, 0.2) is 54.6 Å². The number of anilines is 2. The van der Waals surface area contributed by atoms with Gasteiger partial charge < -0.3 is 24.4 Å². The van der Waals surface area contributed by atoms with Gasteiger partial charge in [0.25, 0.3) is 5.91 Å². The lowest BCUT2D eigenvalue weighted by atomic mass is 10.2. The molecule has 0 spiro atoms. The molecule has 1 aliphatic heterocycles. The number of hydrogen-bond donors (Lipinski definition) is 1. The average Bonchev–Trinajstić information content (AvgIpc) is 2.73. The van der Waals surface area contributed by atoms with Gasteiger partial charge in [-0.05, 0) is 49.7 Å². The van der Waals surface area contributed by atoms with Crippen LogP contribution in [0.25, 0.3) is 0 Å². The number of amides is 2. The molecule has 0 saturated carbocycles. The Morgan fingerprint density at radius 2 is 1.93 bits per heavy atom. The van der Waals surface area contributed by atoms with Crippen molar-refractivity contribution in [3.8, 4) is 17.2 Å². The number of ether oxygens (including phenoxy) is 3. The molecule has 30 heavy (non-hydrogen) atoms. The van der Waals surface area contributed by atoms with Gasteiger partial charge in [0, 0.05) is 24.7 Å². The fourth-order valence-electron chi connectivity index (χ4n) is 3.04. The van der Waals surface area contributed by atoms with Crippen molar-refractivity contribution in [1.82, 2.24) is 0 Å². The van der Waals surface area contributed by atoms with E-state index >= 15 is 0 Å². The second-order valence-corrected chi connectivity index (χ2v) is 7.08. The molecule has 0 unspecified atom stereocenters. The number of nitrogens with one attached hydrogen (secondary N) is 1.